The van der Waals surface area contributed by atoms with E-state index in [1.165, 1.54) is 0 Å². The third kappa shape index (κ3) is 4.70. The first-order valence-corrected chi connectivity index (χ1v) is 7.69. The number of ether oxygens (including phenoxy) is 3. The van der Waals surface area contributed by atoms with E-state index in [1.807, 2.05) is 30.3 Å². The number of nitrogens with one attached hydrogen (secondary N) is 1. The largest absolute Gasteiger partial charge is 0.494 e. The fourth-order valence-electron chi connectivity index (χ4n) is 2.91. The van der Waals surface area contributed by atoms with Crippen LogP contribution in [0.2, 0.25) is 0 Å². The summed E-state index contributed by atoms with van der Waals surface area (Å²) in [6.07, 6.45) is -0.367. The zero-order valence-electron chi connectivity index (χ0n) is 13.0. The number of hydrogen-bond acceptors (Lipinski definition) is 7. The molecule has 2 fully saturated rings. The van der Waals surface area contributed by atoms with Gasteiger partial charge < -0.3 is 24.4 Å². The van der Waals surface area contributed by atoms with Crippen molar-refractivity contribution in [2.45, 2.75) is 30.8 Å². The summed E-state index contributed by atoms with van der Waals surface area (Å²) in [6, 6.07) is 9.68. The van der Waals surface area contributed by atoms with Crippen LogP contribution in [0, 0.1) is 10.1 Å². The van der Waals surface area contributed by atoms with Gasteiger partial charge in [-0.25, -0.2) is 0 Å². The number of para-hydroxylation sites is 1. The van der Waals surface area contributed by atoms with E-state index < -0.39 is 11.2 Å². The van der Waals surface area contributed by atoms with Crippen molar-refractivity contribution in [3.8, 4) is 5.75 Å². The number of benzene rings is 1. The predicted molar refractivity (Wildman–Crippen MR) is 86.9 cm³/mol. The molecule has 3 rings (SSSR count). The number of nitrogens with zero attached hydrogens (tertiary/aromatic N) is 1. The minimum absolute atomic E-state index is 0. The highest BCUT2D eigenvalue weighted by Crippen LogP contribution is 2.28. The maximum Gasteiger partial charge on any atom is 0.294 e. The molecule has 9 heteroatoms. The van der Waals surface area contributed by atoms with Crippen molar-refractivity contribution in [1.29, 1.82) is 0 Å². The first-order chi connectivity index (χ1) is 11.2. The Morgan fingerprint density at radius 1 is 1.21 bits per heavy atom. The van der Waals surface area contributed by atoms with Gasteiger partial charge in [0.05, 0.1) is 25.9 Å². The van der Waals surface area contributed by atoms with Gasteiger partial charge >= 0.3 is 0 Å². The second-order valence-electron chi connectivity index (χ2n) is 5.54. The highest BCUT2D eigenvalue weighted by molar-refractivity contribution is 5.85. The van der Waals surface area contributed by atoms with Gasteiger partial charge in [0, 0.05) is 0 Å². The van der Waals surface area contributed by atoms with Crippen molar-refractivity contribution in [1.82, 2.24) is 5.32 Å². The zero-order valence-corrected chi connectivity index (χ0v) is 13.9. The van der Waals surface area contributed by atoms with Gasteiger partial charge in [-0.3, -0.25) is 0 Å². The van der Waals surface area contributed by atoms with E-state index >= 15 is 0 Å². The van der Waals surface area contributed by atoms with E-state index in [0.717, 1.165) is 18.7 Å². The van der Waals surface area contributed by atoms with Gasteiger partial charge in [-0.15, -0.1) is 22.5 Å². The predicted octanol–water partition coefficient (Wildman–Crippen LogP) is 1.21. The average Bonchev–Trinajstić information content (AvgIpc) is 3.11. The number of hydrogen-bond donors (Lipinski definition) is 1. The Morgan fingerprint density at radius 2 is 1.96 bits per heavy atom. The third-order valence-electron chi connectivity index (χ3n) is 3.97. The summed E-state index contributed by atoms with van der Waals surface area (Å²) in [5.74, 6) is 0.857. The minimum atomic E-state index is -0.790. The second-order valence-corrected chi connectivity index (χ2v) is 5.54. The summed E-state index contributed by atoms with van der Waals surface area (Å²) in [7, 11) is 0. The first-order valence-electron chi connectivity index (χ1n) is 7.69. The van der Waals surface area contributed by atoms with Crippen molar-refractivity contribution in [3.05, 3.63) is 40.4 Å². The van der Waals surface area contributed by atoms with Crippen LogP contribution in [-0.4, -0.2) is 55.8 Å². The standard InChI is InChI=1S/C15H20N2O6.ClH/c18-17(19)23-13-10-22-14-12(9-21-15(13)14)16-7-4-8-20-11-5-2-1-3-6-11;/h1-3,5-6,12-16H,4,7-10H2;1H. The Labute approximate surface area is 145 Å². The maximum absolute atomic E-state index is 10.4. The van der Waals surface area contributed by atoms with Crippen LogP contribution >= 0.6 is 12.4 Å². The number of rotatable bonds is 8. The molecule has 0 saturated carbocycles. The van der Waals surface area contributed by atoms with Crippen molar-refractivity contribution in [3.63, 3.8) is 0 Å². The van der Waals surface area contributed by atoms with Gasteiger partial charge in [0.25, 0.3) is 5.09 Å². The quantitative estimate of drug-likeness (QED) is 0.423. The van der Waals surface area contributed by atoms with Gasteiger partial charge in [-0.2, -0.15) is 0 Å². The lowest BCUT2D eigenvalue weighted by Crippen LogP contribution is -2.42. The summed E-state index contributed by atoms with van der Waals surface area (Å²) in [5.41, 5.74) is 0. The summed E-state index contributed by atoms with van der Waals surface area (Å²) in [5, 5.41) is 13.0. The molecule has 0 aliphatic carbocycles. The van der Waals surface area contributed by atoms with Crippen LogP contribution in [-0.2, 0) is 14.3 Å². The van der Waals surface area contributed by atoms with Gasteiger partial charge in [-0.1, -0.05) is 18.2 Å². The molecule has 2 aliphatic rings. The Morgan fingerprint density at radius 3 is 2.71 bits per heavy atom. The van der Waals surface area contributed by atoms with E-state index in [2.05, 4.69) is 10.2 Å². The lowest BCUT2D eigenvalue weighted by Gasteiger charge is -2.17. The molecule has 1 N–H and O–H groups in total. The number of fused-ring (bicyclic) bond motifs is 1. The van der Waals surface area contributed by atoms with E-state index in [-0.39, 0.29) is 37.3 Å². The van der Waals surface area contributed by atoms with Crippen LogP contribution in [0.15, 0.2) is 30.3 Å². The first kappa shape index (κ1) is 18.7. The molecule has 2 saturated heterocycles. The van der Waals surface area contributed by atoms with E-state index in [0.29, 0.717) is 13.2 Å². The maximum atomic E-state index is 10.4. The van der Waals surface area contributed by atoms with Crippen molar-refractivity contribution >= 4 is 12.4 Å². The molecule has 0 aromatic heterocycles. The highest BCUT2D eigenvalue weighted by Gasteiger charge is 2.49. The molecule has 24 heavy (non-hydrogen) atoms. The molecule has 2 heterocycles. The number of halogens is 1. The van der Waals surface area contributed by atoms with Crippen LogP contribution in [0.25, 0.3) is 0 Å². The summed E-state index contributed by atoms with van der Waals surface area (Å²) in [6.45, 7) is 2.03. The summed E-state index contributed by atoms with van der Waals surface area (Å²) in [4.78, 5) is 15.0. The second kappa shape index (κ2) is 9.03. The molecule has 2 aliphatic heterocycles. The smallest absolute Gasteiger partial charge is 0.294 e. The lowest BCUT2D eigenvalue weighted by molar-refractivity contribution is -0.769. The summed E-state index contributed by atoms with van der Waals surface area (Å²) < 4.78 is 16.8. The van der Waals surface area contributed by atoms with Gasteiger partial charge in [0.15, 0.2) is 6.10 Å². The molecule has 8 nitrogen and oxygen atoms in total. The molecule has 1 aromatic rings. The Bertz CT molecular complexity index is 520. The van der Waals surface area contributed by atoms with E-state index in [9.17, 15) is 10.1 Å². The van der Waals surface area contributed by atoms with Crippen molar-refractivity contribution in [2.24, 2.45) is 0 Å². The molecule has 4 unspecified atom stereocenters. The highest BCUT2D eigenvalue weighted by atomic mass is 35.5. The average molecular weight is 361 g/mol. The van der Waals surface area contributed by atoms with Gasteiger partial charge in [-0.05, 0) is 25.1 Å². The molecule has 0 radical (unpaired) electrons. The van der Waals surface area contributed by atoms with E-state index in [4.69, 9.17) is 14.2 Å². The van der Waals surface area contributed by atoms with Crippen LogP contribution in [0.5, 0.6) is 5.75 Å². The molecule has 1 aromatic carbocycles. The zero-order chi connectivity index (χ0) is 16.1. The fraction of sp³-hybridized carbons (Fsp3) is 0.600. The van der Waals surface area contributed by atoms with Crippen LogP contribution in [0.4, 0.5) is 0 Å². The minimum Gasteiger partial charge on any atom is -0.494 e. The molecule has 0 spiro atoms. The van der Waals surface area contributed by atoms with Gasteiger partial charge in [0.1, 0.15) is 18.0 Å². The fourth-order valence-corrected chi connectivity index (χ4v) is 2.91. The SMILES string of the molecule is Cl.O=[N+]([O-])OC1COC2C(NCCCOc3ccccc3)COC12. The van der Waals surface area contributed by atoms with Crippen molar-refractivity contribution < 1.29 is 24.1 Å². The molecule has 0 amide bonds. The Hall–Kier alpha value is -1.61. The summed E-state index contributed by atoms with van der Waals surface area (Å²) >= 11 is 0. The lowest BCUT2D eigenvalue weighted by atomic mass is 10.1. The Balaban J connectivity index is 0.00000208. The molecular formula is C15H21ClN2O6. The van der Waals surface area contributed by atoms with Crippen LogP contribution < -0.4 is 10.1 Å². The normalized spacial score (nSPS) is 28.0. The molecule has 4 atom stereocenters. The van der Waals surface area contributed by atoms with E-state index in [1.54, 1.807) is 0 Å². The Kier molecular flexibility index (Phi) is 7.04. The van der Waals surface area contributed by atoms with Gasteiger partial charge in [0.2, 0.25) is 0 Å². The molecule has 0 bridgehead atoms. The monoisotopic (exact) mass is 360 g/mol. The molecule has 134 valence electrons. The third-order valence-corrected chi connectivity index (χ3v) is 3.97. The van der Waals surface area contributed by atoms with Crippen LogP contribution in [0.1, 0.15) is 6.42 Å². The van der Waals surface area contributed by atoms with Crippen LogP contribution in [0.3, 0.4) is 0 Å². The molecular weight excluding hydrogens is 340 g/mol. The topological polar surface area (TPSA) is 92.1 Å². The van der Waals surface area contributed by atoms with Crippen molar-refractivity contribution in [2.75, 3.05) is 26.4 Å².